The lowest BCUT2D eigenvalue weighted by molar-refractivity contribution is -0.126. The number of nitrogens with one attached hydrogen (secondary N) is 1. The van der Waals surface area contributed by atoms with Crippen molar-refractivity contribution in [2.75, 3.05) is 31.2 Å². The van der Waals surface area contributed by atoms with Gasteiger partial charge in [-0.1, -0.05) is 25.7 Å². The highest BCUT2D eigenvalue weighted by molar-refractivity contribution is 6.00. The van der Waals surface area contributed by atoms with E-state index in [4.69, 9.17) is 9.47 Å². The zero-order valence-corrected chi connectivity index (χ0v) is 15.7. The third-order valence-corrected chi connectivity index (χ3v) is 5.90. The molecular formula is C21H28N2O4. The summed E-state index contributed by atoms with van der Waals surface area (Å²) >= 11 is 0. The van der Waals surface area contributed by atoms with Crippen LogP contribution in [0.25, 0.3) is 0 Å². The smallest absolute Gasteiger partial charge is 0.227 e. The Morgan fingerprint density at radius 3 is 2.74 bits per heavy atom. The number of nitrogens with zero attached hydrogens (tertiary/aromatic N) is 1. The van der Waals surface area contributed by atoms with Gasteiger partial charge in [-0.3, -0.25) is 9.59 Å². The Labute approximate surface area is 160 Å². The van der Waals surface area contributed by atoms with E-state index in [2.05, 4.69) is 5.32 Å². The average Bonchev–Trinajstić information content (AvgIpc) is 3.34. The number of carbonyl (C=O) groups excluding carboxylic acids is 2. The van der Waals surface area contributed by atoms with E-state index in [1.54, 1.807) is 4.90 Å². The van der Waals surface area contributed by atoms with Crippen molar-refractivity contribution in [3.63, 3.8) is 0 Å². The molecule has 2 amide bonds. The number of ether oxygens (including phenoxy) is 2. The Balaban J connectivity index is 1.28. The quantitative estimate of drug-likeness (QED) is 0.780. The van der Waals surface area contributed by atoms with Gasteiger partial charge < -0.3 is 19.7 Å². The molecule has 6 heteroatoms. The van der Waals surface area contributed by atoms with Gasteiger partial charge in [0, 0.05) is 31.3 Å². The Hall–Kier alpha value is -2.24. The van der Waals surface area contributed by atoms with Gasteiger partial charge in [-0.2, -0.15) is 0 Å². The summed E-state index contributed by atoms with van der Waals surface area (Å²) in [4.78, 5) is 26.6. The van der Waals surface area contributed by atoms with Crippen molar-refractivity contribution >= 4 is 17.5 Å². The van der Waals surface area contributed by atoms with Crippen molar-refractivity contribution in [2.45, 2.75) is 44.9 Å². The van der Waals surface area contributed by atoms with Gasteiger partial charge in [0.05, 0.1) is 5.92 Å². The van der Waals surface area contributed by atoms with Crippen LogP contribution in [0.3, 0.4) is 0 Å². The Morgan fingerprint density at radius 1 is 1.15 bits per heavy atom. The molecule has 1 atom stereocenters. The molecule has 0 bridgehead atoms. The first-order chi connectivity index (χ1) is 13.2. The molecule has 3 aliphatic rings. The minimum absolute atomic E-state index is 0.00480. The molecule has 2 heterocycles. The van der Waals surface area contributed by atoms with Gasteiger partial charge in [0.15, 0.2) is 11.5 Å². The fourth-order valence-corrected chi connectivity index (χ4v) is 4.38. The lowest BCUT2D eigenvalue weighted by Crippen LogP contribution is -2.33. The molecule has 1 saturated heterocycles. The standard InChI is InChI=1S/C21H28N2O4/c24-20-12-16(21(25)22-9-3-6-15-4-1-2-5-15)14-23(20)17-7-8-18-19(13-17)27-11-10-26-18/h7-8,13,15-16H,1-6,9-12,14H2,(H,22,25). The maximum atomic E-state index is 12.5. The molecule has 1 aromatic rings. The summed E-state index contributed by atoms with van der Waals surface area (Å²) in [5, 5.41) is 3.03. The van der Waals surface area contributed by atoms with Crippen LogP contribution in [0.1, 0.15) is 44.9 Å². The van der Waals surface area contributed by atoms with Crippen LogP contribution in [0.15, 0.2) is 18.2 Å². The van der Waals surface area contributed by atoms with Gasteiger partial charge in [0.2, 0.25) is 11.8 Å². The molecule has 4 rings (SSSR count). The Kier molecular flexibility index (Phi) is 5.50. The second kappa shape index (κ2) is 8.19. The topological polar surface area (TPSA) is 67.9 Å². The van der Waals surface area contributed by atoms with E-state index < -0.39 is 0 Å². The first-order valence-corrected chi connectivity index (χ1v) is 10.2. The van der Waals surface area contributed by atoms with Crippen molar-refractivity contribution in [1.82, 2.24) is 5.32 Å². The molecule has 1 aliphatic carbocycles. The lowest BCUT2D eigenvalue weighted by Gasteiger charge is -2.22. The van der Waals surface area contributed by atoms with Crippen LogP contribution in [-0.4, -0.2) is 38.1 Å². The highest BCUT2D eigenvalue weighted by Gasteiger charge is 2.35. The van der Waals surface area contributed by atoms with Crippen LogP contribution in [0.4, 0.5) is 5.69 Å². The van der Waals surface area contributed by atoms with Gasteiger partial charge in [0.25, 0.3) is 0 Å². The molecule has 1 unspecified atom stereocenters. The summed E-state index contributed by atoms with van der Waals surface area (Å²) in [5.74, 6) is 1.91. The van der Waals surface area contributed by atoms with Gasteiger partial charge in [0.1, 0.15) is 13.2 Å². The number of anilines is 1. The number of amides is 2. The van der Waals surface area contributed by atoms with Crippen LogP contribution in [0.2, 0.25) is 0 Å². The molecule has 0 radical (unpaired) electrons. The van der Waals surface area contributed by atoms with Gasteiger partial charge in [-0.05, 0) is 30.9 Å². The SMILES string of the molecule is O=C(NCCCC1CCCC1)C1CC(=O)N(c2ccc3c(c2)OCCO3)C1. The number of carbonyl (C=O) groups is 2. The molecular weight excluding hydrogens is 344 g/mol. The molecule has 146 valence electrons. The van der Waals surface area contributed by atoms with Crippen LogP contribution in [0.5, 0.6) is 11.5 Å². The van der Waals surface area contributed by atoms with Crippen LogP contribution in [0, 0.1) is 11.8 Å². The summed E-state index contributed by atoms with van der Waals surface area (Å²) in [6.07, 6.45) is 7.90. The Morgan fingerprint density at radius 2 is 1.93 bits per heavy atom. The van der Waals surface area contributed by atoms with Crippen molar-refractivity contribution in [1.29, 1.82) is 0 Å². The summed E-state index contributed by atoms with van der Waals surface area (Å²) in [5.41, 5.74) is 0.765. The molecule has 6 nitrogen and oxygen atoms in total. The van der Waals surface area contributed by atoms with E-state index in [1.165, 1.54) is 32.1 Å². The molecule has 1 aromatic carbocycles. The summed E-state index contributed by atoms with van der Waals surface area (Å²) in [7, 11) is 0. The van der Waals surface area contributed by atoms with Crippen LogP contribution < -0.4 is 19.7 Å². The number of rotatable bonds is 6. The summed E-state index contributed by atoms with van der Waals surface area (Å²) in [6.45, 7) is 2.19. The molecule has 27 heavy (non-hydrogen) atoms. The third-order valence-electron chi connectivity index (χ3n) is 5.90. The van der Waals surface area contributed by atoms with E-state index in [9.17, 15) is 9.59 Å². The van der Waals surface area contributed by atoms with Crippen molar-refractivity contribution in [3.8, 4) is 11.5 Å². The van der Waals surface area contributed by atoms with Gasteiger partial charge in [-0.15, -0.1) is 0 Å². The largest absolute Gasteiger partial charge is 0.486 e. The van der Waals surface area contributed by atoms with Gasteiger partial charge >= 0.3 is 0 Å². The first-order valence-electron chi connectivity index (χ1n) is 10.2. The number of hydrogen-bond donors (Lipinski definition) is 1. The monoisotopic (exact) mass is 372 g/mol. The fourth-order valence-electron chi connectivity index (χ4n) is 4.38. The zero-order chi connectivity index (χ0) is 18.6. The molecule has 1 N–H and O–H groups in total. The molecule has 0 spiro atoms. The highest BCUT2D eigenvalue weighted by atomic mass is 16.6. The average molecular weight is 372 g/mol. The van der Waals surface area contributed by atoms with Gasteiger partial charge in [-0.25, -0.2) is 0 Å². The second-order valence-corrected chi connectivity index (χ2v) is 7.82. The summed E-state index contributed by atoms with van der Waals surface area (Å²) < 4.78 is 11.1. The molecule has 1 saturated carbocycles. The first kappa shape index (κ1) is 18.1. The van der Waals surface area contributed by atoms with Crippen LogP contribution >= 0.6 is 0 Å². The van der Waals surface area contributed by atoms with E-state index >= 15 is 0 Å². The predicted molar refractivity (Wildman–Crippen MR) is 102 cm³/mol. The number of hydrogen-bond acceptors (Lipinski definition) is 4. The summed E-state index contributed by atoms with van der Waals surface area (Å²) in [6, 6.07) is 5.51. The highest BCUT2D eigenvalue weighted by Crippen LogP contribution is 2.36. The fraction of sp³-hybridized carbons (Fsp3) is 0.619. The predicted octanol–water partition coefficient (Wildman–Crippen LogP) is 2.90. The minimum Gasteiger partial charge on any atom is -0.486 e. The van der Waals surface area contributed by atoms with E-state index in [1.807, 2.05) is 18.2 Å². The lowest BCUT2D eigenvalue weighted by atomic mass is 10.0. The zero-order valence-electron chi connectivity index (χ0n) is 15.7. The Bertz CT molecular complexity index is 699. The maximum absolute atomic E-state index is 12.5. The maximum Gasteiger partial charge on any atom is 0.227 e. The number of benzene rings is 1. The van der Waals surface area contributed by atoms with Crippen molar-refractivity contribution in [3.05, 3.63) is 18.2 Å². The second-order valence-electron chi connectivity index (χ2n) is 7.82. The third kappa shape index (κ3) is 4.20. The molecule has 2 fully saturated rings. The van der Waals surface area contributed by atoms with E-state index in [-0.39, 0.29) is 24.2 Å². The van der Waals surface area contributed by atoms with E-state index in [0.717, 1.165) is 18.0 Å². The number of fused-ring (bicyclic) bond motifs is 1. The van der Waals surface area contributed by atoms with Crippen LogP contribution in [-0.2, 0) is 9.59 Å². The minimum atomic E-state index is -0.280. The van der Waals surface area contributed by atoms with Crippen molar-refractivity contribution < 1.29 is 19.1 Å². The van der Waals surface area contributed by atoms with E-state index in [0.29, 0.717) is 37.8 Å². The van der Waals surface area contributed by atoms with Crippen molar-refractivity contribution in [2.24, 2.45) is 11.8 Å². The molecule has 2 aliphatic heterocycles. The molecule has 0 aromatic heterocycles. The normalized spacial score (nSPS) is 22.3.